The summed E-state index contributed by atoms with van der Waals surface area (Å²) in [5, 5.41) is 9.69. The lowest BCUT2D eigenvalue weighted by Crippen LogP contribution is -1.97. The van der Waals surface area contributed by atoms with Crippen LogP contribution in [0, 0.1) is 0 Å². The zero-order chi connectivity index (χ0) is 9.68. The lowest BCUT2D eigenvalue weighted by atomic mass is 10.2. The summed E-state index contributed by atoms with van der Waals surface area (Å²) in [6.07, 6.45) is 1.32. The van der Waals surface area contributed by atoms with Gasteiger partial charge in [-0.05, 0) is 40.9 Å². The number of ether oxygens (including phenoxy) is 1. The molecule has 1 atom stereocenters. The Morgan fingerprint density at radius 2 is 2.38 bits per heavy atom. The maximum absolute atomic E-state index is 9.69. The first-order chi connectivity index (χ1) is 6.24. The van der Waals surface area contributed by atoms with Crippen LogP contribution < -0.4 is 0 Å². The Morgan fingerprint density at radius 1 is 1.62 bits per heavy atom. The second-order valence-corrected chi connectivity index (χ2v) is 5.29. The zero-order valence-corrected chi connectivity index (χ0v) is 9.90. The van der Waals surface area contributed by atoms with Crippen molar-refractivity contribution < 1.29 is 9.84 Å². The number of hydrogen-bond acceptors (Lipinski definition) is 3. The number of aliphatic hydroxyl groups excluding tert-OH is 1. The quantitative estimate of drug-likeness (QED) is 0.829. The Balaban J connectivity index is 2.35. The van der Waals surface area contributed by atoms with Crippen molar-refractivity contribution in [1.29, 1.82) is 0 Å². The molecule has 2 nitrogen and oxygen atoms in total. The van der Waals surface area contributed by atoms with Crippen LogP contribution in [0.5, 0.6) is 0 Å². The molecular formula is C9H13BrO2S. The SMILES string of the molecule is COCCCC(O)c1ccc(Br)s1. The van der Waals surface area contributed by atoms with Gasteiger partial charge in [0.1, 0.15) is 0 Å². The second-order valence-electron chi connectivity index (χ2n) is 2.79. The van der Waals surface area contributed by atoms with E-state index in [1.165, 1.54) is 0 Å². The van der Waals surface area contributed by atoms with Crippen molar-refractivity contribution in [3.8, 4) is 0 Å². The van der Waals surface area contributed by atoms with Crippen LogP contribution in [0.4, 0.5) is 0 Å². The van der Waals surface area contributed by atoms with Gasteiger partial charge in [-0.15, -0.1) is 11.3 Å². The van der Waals surface area contributed by atoms with Gasteiger partial charge in [0.2, 0.25) is 0 Å². The first-order valence-electron chi connectivity index (χ1n) is 4.16. The van der Waals surface area contributed by atoms with Crippen LogP contribution in [0.1, 0.15) is 23.8 Å². The van der Waals surface area contributed by atoms with Crippen molar-refractivity contribution >= 4 is 27.3 Å². The molecule has 4 heteroatoms. The van der Waals surface area contributed by atoms with Crippen molar-refractivity contribution in [1.82, 2.24) is 0 Å². The molecule has 1 rings (SSSR count). The maximum Gasteiger partial charge on any atom is 0.0883 e. The van der Waals surface area contributed by atoms with Crippen LogP contribution >= 0.6 is 27.3 Å². The summed E-state index contributed by atoms with van der Waals surface area (Å²) >= 11 is 4.94. The third kappa shape index (κ3) is 3.77. The molecule has 13 heavy (non-hydrogen) atoms. The smallest absolute Gasteiger partial charge is 0.0883 e. The largest absolute Gasteiger partial charge is 0.388 e. The number of rotatable bonds is 5. The van der Waals surface area contributed by atoms with E-state index in [9.17, 15) is 5.11 Å². The molecule has 1 heterocycles. The van der Waals surface area contributed by atoms with E-state index in [-0.39, 0.29) is 6.10 Å². The Morgan fingerprint density at radius 3 is 2.92 bits per heavy atom. The Kier molecular flexibility index (Phi) is 4.94. The molecular weight excluding hydrogens is 252 g/mol. The highest BCUT2D eigenvalue weighted by molar-refractivity contribution is 9.11. The average molecular weight is 265 g/mol. The molecule has 74 valence electrons. The van der Waals surface area contributed by atoms with Gasteiger partial charge in [-0.25, -0.2) is 0 Å². The lowest BCUT2D eigenvalue weighted by molar-refractivity contribution is 0.138. The summed E-state index contributed by atoms with van der Waals surface area (Å²) in [5.41, 5.74) is 0. The summed E-state index contributed by atoms with van der Waals surface area (Å²) in [6, 6.07) is 3.91. The highest BCUT2D eigenvalue weighted by Gasteiger charge is 2.08. The maximum atomic E-state index is 9.69. The molecule has 0 aliphatic heterocycles. The van der Waals surface area contributed by atoms with E-state index < -0.39 is 0 Å². The van der Waals surface area contributed by atoms with Gasteiger partial charge in [-0.1, -0.05) is 0 Å². The monoisotopic (exact) mass is 264 g/mol. The minimum absolute atomic E-state index is 0.341. The fourth-order valence-electron chi connectivity index (χ4n) is 1.07. The van der Waals surface area contributed by atoms with Crippen molar-refractivity contribution in [3.05, 3.63) is 20.8 Å². The molecule has 0 radical (unpaired) electrons. The van der Waals surface area contributed by atoms with Gasteiger partial charge in [0, 0.05) is 18.6 Å². The highest BCUT2D eigenvalue weighted by atomic mass is 79.9. The van der Waals surface area contributed by atoms with E-state index in [2.05, 4.69) is 15.9 Å². The highest BCUT2D eigenvalue weighted by Crippen LogP contribution is 2.29. The number of thiophene rings is 1. The molecule has 0 fully saturated rings. The second kappa shape index (κ2) is 5.75. The van der Waals surface area contributed by atoms with Gasteiger partial charge in [0.25, 0.3) is 0 Å². The third-order valence-corrected chi connectivity index (χ3v) is 3.47. The molecule has 0 saturated carbocycles. The molecule has 0 spiro atoms. The van der Waals surface area contributed by atoms with Crippen molar-refractivity contribution in [2.75, 3.05) is 13.7 Å². The zero-order valence-electron chi connectivity index (χ0n) is 7.50. The van der Waals surface area contributed by atoms with Crippen LogP contribution in [0.3, 0.4) is 0 Å². The molecule has 0 saturated heterocycles. The van der Waals surface area contributed by atoms with Gasteiger partial charge < -0.3 is 9.84 Å². The topological polar surface area (TPSA) is 29.5 Å². The molecule has 0 aliphatic rings. The Hall–Kier alpha value is 0.1000. The van der Waals surface area contributed by atoms with E-state index >= 15 is 0 Å². The van der Waals surface area contributed by atoms with E-state index in [0.29, 0.717) is 6.61 Å². The first kappa shape index (κ1) is 11.2. The van der Waals surface area contributed by atoms with Gasteiger partial charge >= 0.3 is 0 Å². The molecule has 0 aromatic carbocycles. The average Bonchev–Trinajstić information content (AvgIpc) is 2.52. The predicted octanol–water partition coefficient (Wildman–Crippen LogP) is 2.97. The summed E-state index contributed by atoms with van der Waals surface area (Å²) in [6.45, 7) is 0.712. The number of methoxy groups -OCH3 is 1. The van der Waals surface area contributed by atoms with Crippen LogP contribution in [-0.2, 0) is 4.74 Å². The number of halogens is 1. The number of hydrogen-bond donors (Lipinski definition) is 1. The van der Waals surface area contributed by atoms with Crippen LogP contribution in [0.15, 0.2) is 15.9 Å². The summed E-state index contributed by atoms with van der Waals surface area (Å²) in [7, 11) is 1.67. The van der Waals surface area contributed by atoms with Crippen LogP contribution in [0.2, 0.25) is 0 Å². The van der Waals surface area contributed by atoms with E-state index in [4.69, 9.17) is 4.74 Å². The lowest BCUT2D eigenvalue weighted by Gasteiger charge is -2.06. The third-order valence-electron chi connectivity index (χ3n) is 1.75. The normalized spacial score (nSPS) is 13.2. The first-order valence-corrected chi connectivity index (χ1v) is 5.77. The van der Waals surface area contributed by atoms with Gasteiger partial charge in [0.15, 0.2) is 0 Å². The van der Waals surface area contributed by atoms with Crippen molar-refractivity contribution in [3.63, 3.8) is 0 Å². The van der Waals surface area contributed by atoms with Gasteiger partial charge in [-0.3, -0.25) is 0 Å². The van der Waals surface area contributed by atoms with E-state index in [1.54, 1.807) is 18.4 Å². The summed E-state index contributed by atoms with van der Waals surface area (Å²) in [4.78, 5) is 1.02. The Labute approximate surface area is 90.7 Å². The standard InChI is InChI=1S/C9H13BrO2S/c1-12-6-2-3-7(11)8-4-5-9(10)13-8/h4-5,7,11H,2-3,6H2,1H3. The van der Waals surface area contributed by atoms with Crippen LogP contribution in [-0.4, -0.2) is 18.8 Å². The molecule has 1 N–H and O–H groups in total. The summed E-state index contributed by atoms with van der Waals surface area (Å²) < 4.78 is 5.98. The fourth-order valence-corrected chi connectivity index (χ4v) is 2.51. The molecule has 1 aromatic heterocycles. The van der Waals surface area contributed by atoms with Crippen molar-refractivity contribution in [2.24, 2.45) is 0 Å². The molecule has 1 unspecified atom stereocenters. The molecule has 0 bridgehead atoms. The van der Waals surface area contributed by atoms with Gasteiger partial charge in [0.05, 0.1) is 9.89 Å². The van der Waals surface area contributed by atoms with Crippen LogP contribution in [0.25, 0.3) is 0 Å². The predicted molar refractivity (Wildman–Crippen MR) is 58.1 cm³/mol. The molecule has 0 amide bonds. The van der Waals surface area contributed by atoms with Gasteiger partial charge in [-0.2, -0.15) is 0 Å². The summed E-state index contributed by atoms with van der Waals surface area (Å²) in [5.74, 6) is 0. The minimum atomic E-state index is -0.341. The Bertz CT molecular complexity index is 250. The van der Waals surface area contributed by atoms with Crippen molar-refractivity contribution in [2.45, 2.75) is 18.9 Å². The van der Waals surface area contributed by atoms with E-state index in [1.807, 2.05) is 12.1 Å². The fraction of sp³-hybridized carbons (Fsp3) is 0.556. The van der Waals surface area contributed by atoms with E-state index in [0.717, 1.165) is 21.5 Å². The minimum Gasteiger partial charge on any atom is -0.388 e. The molecule has 0 aliphatic carbocycles. The molecule has 1 aromatic rings. The number of aliphatic hydroxyl groups is 1.